The van der Waals surface area contributed by atoms with Gasteiger partial charge >= 0.3 is 11.9 Å². The van der Waals surface area contributed by atoms with Crippen LogP contribution in [0.15, 0.2) is 30.5 Å². The molecule has 1 heterocycles. The Morgan fingerprint density at radius 1 is 1.16 bits per heavy atom. The number of hydrogen-bond donors (Lipinski definition) is 3. The number of amides is 1. The Labute approximate surface area is 180 Å². The van der Waals surface area contributed by atoms with E-state index in [1.807, 2.05) is 24.3 Å². The highest BCUT2D eigenvalue weighted by atomic mass is 16.6. The van der Waals surface area contributed by atoms with Crippen molar-refractivity contribution in [3.63, 3.8) is 0 Å². The fraction of sp³-hybridized carbons (Fsp3) is 0.409. The fourth-order valence-electron chi connectivity index (χ4n) is 3.08. The molecule has 0 aliphatic rings. The summed E-state index contributed by atoms with van der Waals surface area (Å²) in [6, 6.07) is 6.39. The molecule has 2 rings (SSSR count). The van der Waals surface area contributed by atoms with Crippen molar-refractivity contribution >= 4 is 40.7 Å². The van der Waals surface area contributed by atoms with Gasteiger partial charge in [0, 0.05) is 36.9 Å². The summed E-state index contributed by atoms with van der Waals surface area (Å²) in [5.74, 6) is -2.49. The summed E-state index contributed by atoms with van der Waals surface area (Å²) >= 11 is 0. The van der Waals surface area contributed by atoms with Crippen LogP contribution < -0.4 is 5.32 Å². The number of esters is 2. The molecule has 0 unspecified atom stereocenters. The van der Waals surface area contributed by atoms with Gasteiger partial charge in [0.15, 0.2) is 11.9 Å². The lowest BCUT2D eigenvalue weighted by molar-refractivity contribution is -0.156. The first-order valence-corrected chi connectivity index (χ1v) is 9.97. The fourth-order valence-corrected chi connectivity index (χ4v) is 3.08. The van der Waals surface area contributed by atoms with Crippen molar-refractivity contribution in [2.45, 2.75) is 58.3 Å². The summed E-state index contributed by atoms with van der Waals surface area (Å²) in [5.41, 5.74) is 1.65. The molecule has 3 N–H and O–H groups in total. The van der Waals surface area contributed by atoms with Crippen LogP contribution in [0.5, 0.6) is 0 Å². The zero-order chi connectivity index (χ0) is 23.0. The lowest BCUT2D eigenvalue weighted by Crippen LogP contribution is -2.48. The second-order valence-corrected chi connectivity index (χ2v) is 7.36. The van der Waals surface area contributed by atoms with E-state index in [1.165, 1.54) is 6.92 Å². The van der Waals surface area contributed by atoms with Gasteiger partial charge in [0.1, 0.15) is 6.04 Å². The average molecular weight is 429 g/mol. The normalized spacial score (nSPS) is 12.8. The highest BCUT2D eigenvalue weighted by Gasteiger charge is 2.30. The topological polar surface area (TPSA) is 138 Å². The quantitative estimate of drug-likeness (QED) is 0.369. The number of aromatic nitrogens is 1. The van der Waals surface area contributed by atoms with Gasteiger partial charge in [0.05, 0.1) is 12.3 Å². The van der Waals surface area contributed by atoms with Crippen molar-refractivity contribution in [1.82, 2.24) is 10.3 Å². The second-order valence-electron chi connectivity index (χ2n) is 7.36. The van der Waals surface area contributed by atoms with Crippen LogP contribution in [0.25, 0.3) is 10.9 Å². The Morgan fingerprint density at radius 2 is 1.87 bits per heavy atom. The van der Waals surface area contributed by atoms with E-state index in [-0.39, 0.29) is 19.3 Å². The number of ether oxygens (including phenoxy) is 2. The van der Waals surface area contributed by atoms with Gasteiger partial charge in [-0.25, -0.2) is 4.79 Å². The van der Waals surface area contributed by atoms with Crippen molar-refractivity contribution in [3.05, 3.63) is 36.0 Å². The number of para-hydroxylation sites is 1. The van der Waals surface area contributed by atoms with Crippen molar-refractivity contribution in [3.8, 4) is 0 Å². The van der Waals surface area contributed by atoms with Gasteiger partial charge in [0.2, 0.25) is 0 Å². The van der Waals surface area contributed by atoms with Crippen LogP contribution in [0.2, 0.25) is 0 Å². The zero-order valence-corrected chi connectivity index (χ0v) is 17.8. The SMILES string of the molecule is CC(=O)O[C@@H](Cc1c[nH]c2ccccc12)C(=O)N[C@@H](CCC(=O)C=N)C(=O)OC(C)C. The third-order valence-electron chi connectivity index (χ3n) is 4.47. The molecule has 0 spiro atoms. The van der Waals surface area contributed by atoms with Gasteiger partial charge in [-0.15, -0.1) is 0 Å². The molecule has 0 aliphatic carbocycles. The molecule has 0 saturated carbocycles. The Balaban J connectivity index is 2.19. The van der Waals surface area contributed by atoms with Crippen molar-refractivity contribution in [2.24, 2.45) is 0 Å². The molecule has 0 aliphatic heterocycles. The number of ketones is 1. The van der Waals surface area contributed by atoms with E-state index in [0.717, 1.165) is 16.5 Å². The second kappa shape index (κ2) is 11.1. The number of carbonyl (C=O) groups excluding carboxylic acids is 4. The number of Topliss-reactive ketones (excluding diaryl/α,β-unsaturated/α-hetero) is 1. The number of benzene rings is 1. The molecule has 0 fully saturated rings. The molecule has 166 valence electrons. The number of nitrogens with one attached hydrogen (secondary N) is 3. The summed E-state index contributed by atoms with van der Waals surface area (Å²) in [5, 5.41) is 10.4. The summed E-state index contributed by atoms with van der Waals surface area (Å²) < 4.78 is 10.4. The highest BCUT2D eigenvalue weighted by molar-refractivity contribution is 6.26. The van der Waals surface area contributed by atoms with Gasteiger partial charge in [0.25, 0.3) is 5.91 Å². The third-order valence-corrected chi connectivity index (χ3v) is 4.47. The van der Waals surface area contributed by atoms with Gasteiger partial charge in [-0.05, 0) is 31.9 Å². The molecule has 0 radical (unpaired) electrons. The Bertz CT molecular complexity index is 965. The number of H-pyrrole nitrogens is 1. The van der Waals surface area contributed by atoms with E-state index in [2.05, 4.69) is 10.3 Å². The van der Waals surface area contributed by atoms with E-state index in [0.29, 0.717) is 6.21 Å². The molecule has 2 aromatic rings. The molecule has 2 atom stereocenters. The zero-order valence-electron chi connectivity index (χ0n) is 17.8. The van der Waals surface area contributed by atoms with Crippen LogP contribution in [0.4, 0.5) is 0 Å². The standard InChI is InChI=1S/C22H27N3O6/c1-13(2)30-22(29)19(9-8-16(27)11-23)25-21(28)20(31-14(3)26)10-15-12-24-18-7-5-4-6-17(15)18/h4-7,11-13,19-20,23-24H,8-10H2,1-3H3,(H,25,28)/t19-,20-/m0/s1. The van der Waals surface area contributed by atoms with Crippen molar-refractivity contribution in [2.75, 3.05) is 0 Å². The smallest absolute Gasteiger partial charge is 0.328 e. The van der Waals surface area contributed by atoms with Gasteiger partial charge in [-0.1, -0.05) is 18.2 Å². The summed E-state index contributed by atoms with van der Waals surface area (Å²) in [6.45, 7) is 4.53. The van der Waals surface area contributed by atoms with Crippen LogP contribution in [0.3, 0.4) is 0 Å². The molecule has 1 aromatic heterocycles. The van der Waals surface area contributed by atoms with E-state index in [9.17, 15) is 19.2 Å². The largest absolute Gasteiger partial charge is 0.461 e. The van der Waals surface area contributed by atoms with Crippen LogP contribution in [0.1, 0.15) is 39.2 Å². The monoisotopic (exact) mass is 429 g/mol. The van der Waals surface area contributed by atoms with Crippen molar-refractivity contribution in [1.29, 1.82) is 5.41 Å². The molecule has 0 bridgehead atoms. The molecule has 1 aromatic carbocycles. The van der Waals surface area contributed by atoms with Gasteiger partial charge < -0.3 is 25.2 Å². The molecule has 1 amide bonds. The van der Waals surface area contributed by atoms with E-state index >= 15 is 0 Å². The van der Waals surface area contributed by atoms with E-state index in [4.69, 9.17) is 14.9 Å². The summed E-state index contributed by atoms with van der Waals surface area (Å²) in [6.07, 6.45) is 0.756. The number of rotatable bonds is 11. The maximum atomic E-state index is 12.9. The maximum absolute atomic E-state index is 12.9. The van der Waals surface area contributed by atoms with Gasteiger partial charge in [-0.2, -0.15) is 0 Å². The minimum atomic E-state index is -1.18. The van der Waals surface area contributed by atoms with Crippen LogP contribution in [-0.2, 0) is 35.1 Å². The van der Waals surface area contributed by atoms with Crippen LogP contribution >= 0.6 is 0 Å². The number of carbonyl (C=O) groups is 4. The Hall–Kier alpha value is -3.49. The number of fused-ring (bicyclic) bond motifs is 1. The number of hydrogen-bond acceptors (Lipinski definition) is 7. The predicted octanol–water partition coefficient (Wildman–Crippen LogP) is 2.08. The molecule has 31 heavy (non-hydrogen) atoms. The highest BCUT2D eigenvalue weighted by Crippen LogP contribution is 2.20. The summed E-state index contributed by atoms with van der Waals surface area (Å²) in [7, 11) is 0. The van der Waals surface area contributed by atoms with E-state index < -0.39 is 41.9 Å². The average Bonchev–Trinajstić information content (AvgIpc) is 3.12. The van der Waals surface area contributed by atoms with Crippen LogP contribution in [-0.4, -0.2) is 53.1 Å². The first-order chi connectivity index (χ1) is 14.7. The Kier molecular flexibility index (Phi) is 8.48. The molecule has 9 nitrogen and oxygen atoms in total. The van der Waals surface area contributed by atoms with Crippen LogP contribution in [0, 0.1) is 5.41 Å². The van der Waals surface area contributed by atoms with Gasteiger partial charge in [-0.3, -0.25) is 14.4 Å². The van der Waals surface area contributed by atoms with E-state index in [1.54, 1.807) is 20.0 Å². The first-order valence-electron chi connectivity index (χ1n) is 9.97. The maximum Gasteiger partial charge on any atom is 0.328 e. The third kappa shape index (κ3) is 7.06. The van der Waals surface area contributed by atoms with Crippen molar-refractivity contribution < 1.29 is 28.7 Å². The first kappa shape index (κ1) is 23.8. The number of aromatic amines is 1. The summed E-state index contributed by atoms with van der Waals surface area (Å²) in [4.78, 5) is 51.5. The molecular weight excluding hydrogens is 402 g/mol. The lowest BCUT2D eigenvalue weighted by Gasteiger charge is -2.22. The predicted molar refractivity (Wildman–Crippen MR) is 114 cm³/mol. The molecular formula is C22H27N3O6. The Morgan fingerprint density at radius 3 is 2.52 bits per heavy atom. The minimum Gasteiger partial charge on any atom is -0.461 e. The lowest BCUT2D eigenvalue weighted by atomic mass is 10.0. The molecule has 9 heteroatoms. The minimum absolute atomic E-state index is 0.0363. The molecule has 0 saturated heterocycles.